The second-order valence-corrected chi connectivity index (χ2v) is 6.05. The second-order valence-electron chi connectivity index (χ2n) is 5.01. The second kappa shape index (κ2) is 8.89. The molecule has 1 heterocycles. The van der Waals surface area contributed by atoms with Gasteiger partial charge in [0.25, 0.3) is 5.69 Å². The van der Waals surface area contributed by atoms with Crippen molar-refractivity contribution >= 4 is 28.6 Å². The van der Waals surface area contributed by atoms with Crippen molar-refractivity contribution in [2.45, 2.75) is 19.3 Å². The number of thiophene rings is 1. The van der Waals surface area contributed by atoms with Crippen molar-refractivity contribution in [1.82, 2.24) is 5.32 Å². The molecule has 122 valence electrons. The van der Waals surface area contributed by atoms with Gasteiger partial charge in [-0.25, -0.2) is 0 Å². The van der Waals surface area contributed by atoms with Gasteiger partial charge in [-0.05, 0) is 36.4 Å². The quantitative estimate of drug-likeness (QED) is 0.419. The summed E-state index contributed by atoms with van der Waals surface area (Å²) < 4.78 is 0. The largest absolute Gasteiger partial charge is 0.383 e. The highest BCUT2D eigenvalue weighted by Crippen LogP contribution is 2.15. The number of hydrogen-bond donors (Lipinski definition) is 2. The summed E-state index contributed by atoms with van der Waals surface area (Å²) in [5.74, 6) is 0.0482. The van der Waals surface area contributed by atoms with Gasteiger partial charge in [-0.3, -0.25) is 14.9 Å². The van der Waals surface area contributed by atoms with E-state index in [2.05, 4.69) is 16.7 Å². The van der Waals surface area contributed by atoms with E-state index in [0.717, 1.165) is 18.5 Å². The molecule has 7 heteroatoms. The van der Waals surface area contributed by atoms with Gasteiger partial charge in [-0.15, -0.1) is 11.3 Å². The minimum Gasteiger partial charge on any atom is -0.383 e. The summed E-state index contributed by atoms with van der Waals surface area (Å²) in [4.78, 5) is 23.1. The number of nitro benzene ring substituents is 1. The summed E-state index contributed by atoms with van der Waals surface area (Å²) >= 11 is 1.71. The molecule has 0 radical (unpaired) electrons. The number of rotatable bonds is 9. The zero-order valence-corrected chi connectivity index (χ0v) is 13.5. The third-order valence-corrected chi connectivity index (χ3v) is 4.20. The lowest BCUT2D eigenvalue weighted by Gasteiger charge is -2.07. The van der Waals surface area contributed by atoms with E-state index in [1.807, 2.05) is 11.4 Å². The van der Waals surface area contributed by atoms with Crippen LogP contribution in [0.3, 0.4) is 0 Å². The lowest BCUT2D eigenvalue weighted by molar-refractivity contribution is -0.384. The average molecular weight is 333 g/mol. The molecule has 2 aromatic rings. The third-order valence-electron chi connectivity index (χ3n) is 3.26. The van der Waals surface area contributed by atoms with E-state index in [1.54, 1.807) is 23.5 Å². The molecule has 0 unspecified atom stereocenters. The van der Waals surface area contributed by atoms with Crippen molar-refractivity contribution in [3.63, 3.8) is 0 Å². The lowest BCUT2D eigenvalue weighted by Crippen LogP contribution is -2.28. The maximum Gasteiger partial charge on any atom is 0.269 e. The van der Waals surface area contributed by atoms with Gasteiger partial charge in [0.05, 0.1) is 4.92 Å². The number of carbonyl (C=O) groups excluding carboxylic acids is 1. The normalized spacial score (nSPS) is 10.3. The van der Waals surface area contributed by atoms with Crippen LogP contribution in [0.4, 0.5) is 11.4 Å². The average Bonchev–Trinajstić information content (AvgIpc) is 3.05. The summed E-state index contributed by atoms with van der Waals surface area (Å²) in [6.07, 6.45) is 2.31. The number of benzene rings is 1. The molecule has 2 rings (SSSR count). The van der Waals surface area contributed by atoms with Crippen molar-refractivity contribution in [2.75, 3.05) is 18.4 Å². The molecule has 1 amide bonds. The molecule has 1 aromatic heterocycles. The van der Waals surface area contributed by atoms with Gasteiger partial charge in [-0.1, -0.05) is 6.07 Å². The number of anilines is 1. The zero-order chi connectivity index (χ0) is 16.5. The van der Waals surface area contributed by atoms with Gasteiger partial charge in [0.2, 0.25) is 5.91 Å². The van der Waals surface area contributed by atoms with Crippen LogP contribution >= 0.6 is 11.3 Å². The zero-order valence-electron chi connectivity index (χ0n) is 12.7. The summed E-state index contributed by atoms with van der Waals surface area (Å²) in [5, 5.41) is 18.6. The lowest BCUT2D eigenvalue weighted by atomic mass is 10.2. The van der Waals surface area contributed by atoms with Crippen LogP contribution in [-0.2, 0) is 11.2 Å². The molecular weight excluding hydrogens is 314 g/mol. The van der Waals surface area contributed by atoms with Crippen molar-refractivity contribution in [3.8, 4) is 0 Å². The van der Waals surface area contributed by atoms with Gasteiger partial charge in [0.15, 0.2) is 0 Å². The van der Waals surface area contributed by atoms with Crippen LogP contribution in [0.5, 0.6) is 0 Å². The molecule has 0 aliphatic carbocycles. The Labute approximate surface area is 138 Å². The van der Waals surface area contributed by atoms with Crippen LogP contribution < -0.4 is 10.6 Å². The van der Waals surface area contributed by atoms with Crippen molar-refractivity contribution in [1.29, 1.82) is 0 Å². The summed E-state index contributed by atoms with van der Waals surface area (Å²) in [6, 6.07) is 10.3. The van der Waals surface area contributed by atoms with Gasteiger partial charge in [-0.2, -0.15) is 0 Å². The Hall–Kier alpha value is -2.41. The number of carbonyl (C=O) groups is 1. The Morgan fingerprint density at radius 2 is 1.96 bits per heavy atom. The third kappa shape index (κ3) is 6.07. The molecule has 0 atom stereocenters. The van der Waals surface area contributed by atoms with E-state index in [9.17, 15) is 14.9 Å². The first-order valence-electron chi connectivity index (χ1n) is 7.42. The fourth-order valence-electron chi connectivity index (χ4n) is 2.08. The predicted octanol–water partition coefficient (Wildman–Crippen LogP) is 3.21. The maximum atomic E-state index is 11.7. The number of nitrogens with zero attached hydrogens (tertiary/aromatic N) is 1. The molecule has 2 N–H and O–H groups in total. The Bertz CT molecular complexity index is 627. The molecule has 0 saturated carbocycles. The van der Waals surface area contributed by atoms with Gasteiger partial charge in [0.1, 0.15) is 0 Å². The highest BCUT2D eigenvalue weighted by Gasteiger charge is 2.04. The van der Waals surface area contributed by atoms with E-state index in [4.69, 9.17) is 0 Å². The fourth-order valence-corrected chi connectivity index (χ4v) is 2.83. The molecule has 1 aromatic carbocycles. The minimum atomic E-state index is -0.430. The number of aryl methyl sites for hydroxylation is 1. The predicted molar refractivity (Wildman–Crippen MR) is 91.9 cm³/mol. The van der Waals surface area contributed by atoms with Crippen LogP contribution in [0.15, 0.2) is 41.8 Å². The minimum absolute atomic E-state index is 0.0482. The van der Waals surface area contributed by atoms with Crippen LogP contribution in [0.2, 0.25) is 0 Å². The molecule has 0 spiro atoms. The smallest absolute Gasteiger partial charge is 0.269 e. The molecule has 0 aliphatic heterocycles. The molecule has 0 aliphatic rings. The standard InChI is InChI=1S/C16H19N3O3S/c20-16(5-1-3-15-4-2-12-23-15)18-11-10-17-13-6-8-14(9-7-13)19(21)22/h2,4,6-9,12,17H,1,3,5,10-11H2,(H,18,20). The topological polar surface area (TPSA) is 84.3 Å². The van der Waals surface area contributed by atoms with Crippen molar-refractivity contribution in [2.24, 2.45) is 0 Å². The monoisotopic (exact) mass is 333 g/mol. The number of non-ortho nitro benzene ring substituents is 1. The summed E-state index contributed by atoms with van der Waals surface area (Å²) in [7, 11) is 0. The van der Waals surface area contributed by atoms with Crippen LogP contribution in [0, 0.1) is 10.1 Å². The van der Waals surface area contributed by atoms with E-state index >= 15 is 0 Å². The Balaban J connectivity index is 1.57. The van der Waals surface area contributed by atoms with Crippen molar-refractivity contribution in [3.05, 3.63) is 56.8 Å². The molecule has 23 heavy (non-hydrogen) atoms. The number of amides is 1. The first kappa shape index (κ1) is 17.0. The SMILES string of the molecule is O=C(CCCc1cccs1)NCCNc1ccc([N+](=O)[O-])cc1. The molecule has 0 fully saturated rings. The van der Waals surface area contributed by atoms with Crippen LogP contribution in [0.25, 0.3) is 0 Å². The van der Waals surface area contributed by atoms with E-state index in [-0.39, 0.29) is 11.6 Å². The Kier molecular flexibility index (Phi) is 6.56. The van der Waals surface area contributed by atoms with Gasteiger partial charge < -0.3 is 10.6 Å². The highest BCUT2D eigenvalue weighted by atomic mass is 32.1. The maximum absolute atomic E-state index is 11.7. The molecule has 0 bridgehead atoms. The molecule has 6 nitrogen and oxygen atoms in total. The van der Waals surface area contributed by atoms with Gasteiger partial charge in [0, 0.05) is 42.2 Å². The van der Waals surface area contributed by atoms with E-state index in [0.29, 0.717) is 19.5 Å². The Morgan fingerprint density at radius 1 is 1.17 bits per heavy atom. The number of nitro groups is 1. The fraction of sp³-hybridized carbons (Fsp3) is 0.312. The first-order chi connectivity index (χ1) is 11.1. The van der Waals surface area contributed by atoms with Gasteiger partial charge >= 0.3 is 0 Å². The molecule has 0 saturated heterocycles. The summed E-state index contributed by atoms with van der Waals surface area (Å²) in [6.45, 7) is 1.10. The Morgan fingerprint density at radius 3 is 2.61 bits per heavy atom. The van der Waals surface area contributed by atoms with E-state index < -0.39 is 4.92 Å². The van der Waals surface area contributed by atoms with Crippen molar-refractivity contribution < 1.29 is 9.72 Å². The number of hydrogen-bond acceptors (Lipinski definition) is 5. The number of nitrogens with one attached hydrogen (secondary N) is 2. The highest BCUT2D eigenvalue weighted by molar-refractivity contribution is 7.09. The molecular formula is C16H19N3O3S. The van der Waals surface area contributed by atoms with E-state index in [1.165, 1.54) is 17.0 Å². The van der Waals surface area contributed by atoms with Crippen LogP contribution in [0.1, 0.15) is 17.7 Å². The first-order valence-corrected chi connectivity index (χ1v) is 8.30. The summed E-state index contributed by atoms with van der Waals surface area (Å²) in [5.41, 5.74) is 0.858. The van der Waals surface area contributed by atoms with Crippen LogP contribution in [-0.4, -0.2) is 23.9 Å².